The number of phenols is 1. The zero-order valence-electron chi connectivity index (χ0n) is 21.3. The number of imidazole rings is 1. The molecular formula is C24H33N7O7S. The number of carbonyl (C=O) groups excluding carboxylic acids is 4. The Hall–Kier alpha value is -4.11. The second-order valence-corrected chi connectivity index (χ2v) is 9.72. The standard InChI is InChI=1S/C24H33N7O7S/c1-39-7-6-17(29-21(34)16(25)9-14-11-27-12-28-14)22(35)30-18(8-13-2-4-15(32)5-3-13)23(36)31-19(24(37)38)10-20(26)33/h2-5,11-12,16-19,32H,6-10,25H2,1H3,(H2,26,33)(H,27,28)(H,29,34)(H,30,35)(H,31,36)(H,37,38). The minimum absolute atomic E-state index is 0.0116. The Labute approximate surface area is 228 Å². The van der Waals surface area contributed by atoms with Crippen LogP contribution < -0.4 is 27.4 Å². The number of primary amides is 1. The summed E-state index contributed by atoms with van der Waals surface area (Å²) in [6.45, 7) is 0. The van der Waals surface area contributed by atoms with Crippen molar-refractivity contribution >= 4 is 41.4 Å². The number of thioether (sulfide) groups is 1. The molecular weight excluding hydrogens is 530 g/mol. The first-order chi connectivity index (χ1) is 18.5. The monoisotopic (exact) mass is 563 g/mol. The molecule has 39 heavy (non-hydrogen) atoms. The molecule has 0 saturated carbocycles. The van der Waals surface area contributed by atoms with Crippen molar-refractivity contribution in [2.75, 3.05) is 12.0 Å². The van der Waals surface area contributed by atoms with Gasteiger partial charge in [0.15, 0.2) is 0 Å². The van der Waals surface area contributed by atoms with E-state index in [1.165, 1.54) is 48.6 Å². The molecule has 0 spiro atoms. The Balaban J connectivity index is 2.21. The Bertz CT molecular complexity index is 1130. The van der Waals surface area contributed by atoms with Crippen molar-refractivity contribution < 1.29 is 34.2 Å². The van der Waals surface area contributed by atoms with E-state index in [0.29, 0.717) is 17.0 Å². The van der Waals surface area contributed by atoms with E-state index in [1.807, 2.05) is 6.26 Å². The number of phenolic OH excluding ortho intramolecular Hbond substituents is 1. The van der Waals surface area contributed by atoms with Gasteiger partial charge in [-0.05, 0) is 36.1 Å². The Morgan fingerprint density at radius 3 is 2.15 bits per heavy atom. The molecule has 14 nitrogen and oxygen atoms in total. The van der Waals surface area contributed by atoms with Gasteiger partial charge < -0.3 is 42.6 Å². The summed E-state index contributed by atoms with van der Waals surface area (Å²) in [6, 6.07) is 0.919. The summed E-state index contributed by atoms with van der Waals surface area (Å²) in [5.74, 6) is -4.08. The maximum atomic E-state index is 13.3. The number of carboxylic acids is 1. The third-order valence-corrected chi connectivity index (χ3v) is 6.25. The summed E-state index contributed by atoms with van der Waals surface area (Å²) in [5, 5.41) is 26.4. The van der Waals surface area contributed by atoms with E-state index < -0.39 is 60.2 Å². The maximum Gasteiger partial charge on any atom is 0.326 e. The zero-order valence-corrected chi connectivity index (χ0v) is 22.1. The van der Waals surface area contributed by atoms with Crippen molar-refractivity contribution in [3.05, 3.63) is 48.0 Å². The van der Waals surface area contributed by atoms with Crippen LogP contribution in [0.5, 0.6) is 5.75 Å². The first-order valence-electron chi connectivity index (χ1n) is 11.9. The quantitative estimate of drug-likeness (QED) is 0.116. The van der Waals surface area contributed by atoms with Crippen molar-refractivity contribution in [3.63, 3.8) is 0 Å². The predicted molar refractivity (Wildman–Crippen MR) is 142 cm³/mol. The van der Waals surface area contributed by atoms with Gasteiger partial charge >= 0.3 is 5.97 Å². The Morgan fingerprint density at radius 2 is 1.59 bits per heavy atom. The Kier molecular flexibility index (Phi) is 12.2. The molecule has 2 aromatic rings. The second kappa shape index (κ2) is 15.3. The number of aromatic nitrogens is 2. The molecule has 0 aliphatic heterocycles. The van der Waals surface area contributed by atoms with Gasteiger partial charge in [0.2, 0.25) is 23.6 Å². The highest BCUT2D eigenvalue weighted by molar-refractivity contribution is 7.98. The molecule has 4 unspecified atom stereocenters. The number of carboxylic acid groups (broad SMARTS) is 1. The van der Waals surface area contributed by atoms with Crippen LogP contribution in [0.15, 0.2) is 36.8 Å². The van der Waals surface area contributed by atoms with Gasteiger partial charge in [-0.1, -0.05) is 12.1 Å². The highest BCUT2D eigenvalue weighted by atomic mass is 32.2. The van der Waals surface area contributed by atoms with Gasteiger partial charge in [0.1, 0.15) is 23.9 Å². The van der Waals surface area contributed by atoms with Crippen molar-refractivity contribution in [2.45, 2.75) is 49.9 Å². The number of aromatic hydroxyl groups is 1. The molecule has 10 N–H and O–H groups in total. The molecule has 0 saturated heterocycles. The average molecular weight is 564 g/mol. The molecule has 4 atom stereocenters. The molecule has 0 bridgehead atoms. The molecule has 1 heterocycles. The second-order valence-electron chi connectivity index (χ2n) is 8.73. The summed E-state index contributed by atoms with van der Waals surface area (Å²) in [5.41, 5.74) is 12.3. The number of hydrogen-bond donors (Lipinski definition) is 8. The average Bonchev–Trinajstić information content (AvgIpc) is 3.39. The van der Waals surface area contributed by atoms with Gasteiger partial charge in [-0.15, -0.1) is 0 Å². The number of carbonyl (C=O) groups is 5. The van der Waals surface area contributed by atoms with Gasteiger partial charge in [0.05, 0.1) is 18.8 Å². The van der Waals surface area contributed by atoms with Crippen molar-refractivity contribution in [3.8, 4) is 5.75 Å². The van der Waals surface area contributed by atoms with Gasteiger partial charge in [0.25, 0.3) is 0 Å². The van der Waals surface area contributed by atoms with E-state index in [9.17, 15) is 34.2 Å². The topological polar surface area (TPSA) is 243 Å². The van der Waals surface area contributed by atoms with E-state index in [2.05, 4.69) is 25.9 Å². The molecule has 2 rings (SSSR count). The first-order valence-corrected chi connectivity index (χ1v) is 13.3. The normalized spacial score (nSPS) is 13.9. The van der Waals surface area contributed by atoms with Crippen LogP contribution in [-0.2, 0) is 36.8 Å². The van der Waals surface area contributed by atoms with Crippen LogP contribution in [-0.4, -0.2) is 86.0 Å². The molecule has 15 heteroatoms. The molecule has 1 aromatic carbocycles. The number of nitrogens with zero attached hydrogens (tertiary/aromatic N) is 1. The number of benzene rings is 1. The molecule has 0 aliphatic carbocycles. The minimum atomic E-state index is -1.61. The van der Waals surface area contributed by atoms with Crippen molar-refractivity contribution in [2.24, 2.45) is 11.5 Å². The van der Waals surface area contributed by atoms with Crippen LogP contribution in [0, 0.1) is 0 Å². The molecule has 0 radical (unpaired) electrons. The van der Waals surface area contributed by atoms with Crippen LogP contribution in [0.4, 0.5) is 0 Å². The van der Waals surface area contributed by atoms with Crippen LogP contribution in [0.2, 0.25) is 0 Å². The van der Waals surface area contributed by atoms with Gasteiger partial charge in [-0.3, -0.25) is 19.2 Å². The van der Waals surface area contributed by atoms with Gasteiger partial charge in [-0.25, -0.2) is 9.78 Å². The largest absolute Gasteiger partial charge is 0.508 e. The Morgan fingerprint density at radius 1 is 0.974 bits per heavy atom. The number of aliphatic carboxylic acids is 1. The molecule has 0 fully saturated rings. The molecule has 1 aromatic heterocycles. The lowest BCUT2D eigenvalue weighted by atomic mass is 10.0. The van der Waals surface area contributed by atoms with Crippen LogP contribution >= 0.6 is 11.8 Å². The van der Waals surface area contributed by atoms with Crippen LogP contribution in [0.3, 0.4) is 0 Å². The number of nitrogens with two attached hydrogens (primary N) is 2. The van der Waals surface area contributed by atoms with Crippen molar-refractivity contribution in [1.82, 2.24) is 25.9 Å². The van der Waals surface area contributed by atoms with E-state index in [1.54, 1.807) is 0 Å². The highest BCUT2D eigenvalue weighted by Crippen LogP contribution is 2.12. The maximum absolute atomic E-state index is 13.3. The molecule has 212 valence electrons. The van der Waals surface area contributed by atoms with Crippen LogP contribution in [0.1, 0.15) is 24.1 Å². The van der Waals surface area contributed by atoms with E-state index in [0.717, 1.165) is 0 Å². The summed E-state index contributed by atoms with van der Waals surface area (Å²) < 4.78 is 0. The fourth-order valence-electron chi connectivity index (χ4n) is 3.53. The number of hydrogen-bond acceptors (Lipinski definition) is 9. The lowest BCUT2D eigenvalue weighted by Gasteiger charge is -2.25. The lowest BCUT2D eigenvalue weighted by molar-refractivity contribution is -0.143. The fourth-order valence-corrected chi connectivity index (χ4v) is 4.00. The lowest BCUT2D eigenvalue weighted by Crippen LogP contribution is -2.58. The van der Waals surface area contributed by atoms with Gasteiger partial charge in [-0.2, -0.15) is 11.8 Å². The van der Waals surface area contributed by atoms with E-state index in [4.69, 9.17) is 11.5 Å². The number of rotatable bonds is 16. The number of amides is 4. The third kappa shape index (κ3) is 10.6. The third-order valence-electron chi connectivity index (χ3n) is 5.60. The number of aromatic amines is 1. The van der Waals surface area contributed by atoms with Crippen molar-refractivity contribution in [1.29, 1.82) is 0 Å². The van der Waals surface area contributed by atoms with E-state index in [-0.39, 0.29) is 25.0 Å². The van der Waals surface area contributed by atoms with E-state index >= 15 is 0 Å². The minimum Gasteiger partial charge on any atom is -0.508 e. The summed E-state index contributed by atoms with van der Waals surface area (Å²) in [6.07, 6.45) is 4.46. The first kappa shape index (κ1) is 31.1. The fraction of sp³-hybridized carbons (Fsp3) is 0.417. The summed E-state index contributed by atoms with van der Waals surface area (Å²) >= 11 is 1.45. The predicted octanol–water partition coefficient (Wildman–Crippen LogP) is -1.60. The van der Waals surface area contributed by atoms with Gasteiger partial charge in [0, 0.05) is 24.7 Å². The summed E-state index contributed by atoms with van der Waals surface area (Å²) in [4.78, 5) is 68.6. The number of nitrogens with one attached hydrogen (secondary N) is 4. The highest BCUT2D eigenvalue weighted by Gasteiger charge is 2.31. The zero-order chi connectivity index (χ0) is 28.9. The molecule has 4 amide bonds. The summed E-state index contributed by atoms with van der Waals surface area (Å²) in [7, 11) is 0. The SMILES string of the molecule is CSCCC(NC(=O)C(N)Cc1cnc[nH]1)C(=O)NC(Cc1ccc(O)cc1)C(=O)NC(CC(N)=O)C(=O)O. The number of H-pyrrole nitrogens is 1. The smallest absolute Gasteiger partial charge is 0.326 e. The van der Waals surface area contributed by atoms with Crippen LogP contribution in [0.25, 0.3) is 0 Å². The molecule has 0 aliphatic rings.